The molecule has 0 fully saturated rings. The molecule has 0 saturated carbocycles. The minimum absolute atomic E-state index is 0.153. The third-order valence-electron chi connectivity index (χ3n) is 2.52. The van der Waals surface area contributed by atoms with E-state index in [0.29, 0.717) is 5.56 Å². The summed E-state index contributed by atoms with van der Waals surface area (Å²) < 4.78 is 0. The zero-order chi connectivity index (χ0) is 14.0. The summed E-state index contributed by atoms with van der Waals surface area (Å²) in [4.78, 5) is 34.7. The van der Waals surface area contributed by atoms with Gasteiger partial charge in [0.15, 0.2) is 0 Å². The SMILES string of the molecule is O=C(O)c1cc(=O)[nH]cc1-c1cccc([N+](=O)[O-])c1. The van der Waals surface area contributed by atoms with E-state index in [-0.39, 0.29) is 16.8 Å². The molecule has 0 spiro atoms. The summed E-state index contributed by atoms with van der Waals surface area (Å²) in [5.74, 6) is -1.27. The van der Waals surface area contributed by atoms with Gasteiger partial charge in [0.05, 0.1) is 10.5 Å². The van der Waals surface area contributed by atoms with E-state index < -0.39 is 16.5 Å². The van der Waals surface area contributed by atoms with E-state index >= 15 is 0 Å². The Labute approximate surface area is 106 Å². The van der Waals surface area contributed by atoms with Gasteiger partial charge in [0, 0.05) is 30.0 Å². The Balaban J connectivity index is 2.65. The Morgan fingerprint density at radius 1 is 1.32 bits per heavy atom. The number of carboxylic acid groups (broad SMARTS) is 1. The number of nitro groups is 1. The first kappa shape index (κ1) is 12.5. The van der Waals surface area contributed by atoms with Gasteiger partial charge in [-0.05, 0) is 5.56 Å². The first-order valence-electron chi connectivity index (χ1n) is 5.20. The summed E-state index contributed by atoms with van der Waals surface area (Å²) in [5, 5.41) is 19.7. The van der Waals surface area contributed by atoms with Gasteiger partial charge in [0.25, 0.3) is 5.69 Å². The van der Waals surface area contributed by atoms with Gasteiger partial charge in [-0.3, -0.25) is 14.9 Å². The van der Waals surface area contributed by atoms with Crippen LogP contribution in [0.1, 0.15) is 10.4 Å². The molecule has 0 bridgehead atoms. The van der Waals surface area contributed by atoms with Crippen LogP contribution in [-0.2, 0) is 0 Å². The van der Waals surface area contributed by atoms with Gasteiger partial charge in [0.1, 0.15) is 0 Å². The number of hydrogen-bond acceptors (Lipinski definition) is 4. The molecule has 1 aromatic carbocycles. The normalized spacial score (nSPS) is 10.1. The largest absolute Gasteiger partial charge is 0.478 e. The molecule has 7 heteroatoms. The number of carbonyl (C=O) groups is 1. The highest BCUT2D eigenvalue weighted by Crippen LogP contribution is 2.25. The molecule has 0 amide bonds. The zero-order valence-electron chi connectivity index (χ0n) is 9.49. The monoisotopic (exact) mass is 260 g/mol. The number of hydrogen-bond donors (Lipinski definition) is 2. The van der Waals surface area contributed by atoms with E-state index in [1.54, 1.807) is 0 Å². The topological polar surface area (TPSA) is 113 Å². The second-order valence-electron chi connectivity index (χ2n) is 3.74. The standard InChI is InChI=1S/C12H8N2O5/c15-11-5-9(12(16)17)10(6-13-11)7-2-1-3-8(4-7)14(18)19/h1-6H,(H,13,15)(H,16,17). The second kappa shape index (κ2) is 4.73. The zero-order valence-corrected chi connectivity index (χ0v) is 9.49. The summed E-state index contributed by atoms with van der Waals surface area (Å²) in [7, 11) is 0. The van der Waals surface area contributed by atoms with Gasteiger partial charge < -0.3 is 10.1 Å². The lowest BCUT2D eigenvalue weighted by atomic mass is 10.0. The Bertz CT molecular complexity index is 720. The van der Waals surface area contributed by atoms with Crippen molar-refractivity contribution in [3.8, 4) is 11.1 Å². The Hall–Kier alpha value is -2.96. The predicted molar refractivity (Wildman–Crippen MR) is 66.1 cm³/mol. The molecule has 1 heterocycles. The summed E-state index contributed by atoms with van der Waals surface area (Å²) in [6.07, 6.45) is 1.23. The molecule has 2 rings (SSSR count). The van der Waals surface area contributed by atoms with Crippen molar-refractivity contribution in [2.24, 2.45) is 0 Å². The van der Waals surface area contributed by atoms with Crippen molar-refractivity contribution in [1.29, 1.82) is 0 Å². The fraction of sp³-hybridized carbons (Fsp3) is 0. The first-order valence-corrected chi connectivity index (χ1v) is 5.20. The van der Waals surface area contributed by atoms with Crippen molar-refractivity contribution in [3.63, 3.8) is 0 Å². The molecule has 0 aliphatic heterocycles. The van der Waals surface area contributed by atoms with Crippen LogP contribution in [0.15, 0.2) is 41.3 Å². The van der Waals surface area contributed by atoms with Crippen LogP contribution in [0.25, 0.3) is 11.1 Å². The van der Waals surface area contributed by atoms with Crippen LogP contribution in [0.5, 0.6) is 0 Å². The van der Waals surface area contributed by atoms with E-state index in [0.717, 1.165) is 6.07 Å². The third kappa shape index (κ3) is 2.49. The number of H-pyrrole nitrogens is 1. The van der Waals surface area contributed by atoms with Crippen LogP contribution in [-0.4, -0.2) is 21.0 Å². The van der Waals surface area contributed by atoms with Gasteiger partial charge in [-0.1, -0.05) is 12.1 Å². The van der Waals surface area contributed by atoms with E-state index in [4.69, 9.17) is 5.11 Å². The van der Waals surface area contributed by atoms with E-state index in [9.17, 15) is 19.7 Å². The van der Waals surface area contributed by atoms with Crippen LogP contribution in [0.3, 0.4) is 0 Å². The number of nitrogens with zero attached hydrogens (tertiary/aromatic N) is 1. The lowest BCUT2D eigenvalue weighted by molar-refractivity contribution is -0.384. The number of nitro benzene ring substituents is 1. The summed E-state index contributed by atoms with van der Waals surface area (Å²) in [5.41, 5.74) is -0.338. The Morgan fingerprint density at radius 3 is 2.68 bits per heavy atom. The van der Waals surface area contributed by atoms with Crippen LogP contribution >= 0.6 is 0 Å². The quantitative estimate of drug-likeness (QED) is 0.643. The number of carboxylic acids is 1. The molecule has 0 aliphatic carbocycles. The maximum absolute atomic E-state index is 11.1. The molecule has 0 radical (unpaired) electrons. The van der Waals surface area contributed by atoms with Crippen LogP contribution < -0.4 is 5.56 Å². The van der Waals surface area contributed by atoms with Gasteiger partial charge in [0.2, 0.25) is 5.56 Å². The molecular weight excluding hydrogens is 252 g/mol. The molecule has 7 nitrogen and oxygen atoms in total. The van der Waals surface area contributed by atoms with Crippen molar-refractivity contribution in [2.75, 3.05) is 0 Å². The molecule has 2 N–H and O–H groups in total. The number of pyridine rings is 1. The molecule has 2 aromatic rings. The highest BCUT2D eigenvalue weighted by molar-refractivity contribution is 5.95. The number of aromatic nitrogens is 1. The molecule has 19 heavy (non-hydrogen) atoms. The lowest BCUT2D eigenvalue weighted by Gasteiger charge is -2.05. The smallest absolute Gasteiger partial charge is 0.336 e. The maximum atomic E-state index is 11.1. The lowest BCUT2D eigenvalue weighted by Crippen LogP contribution is -2.10. The van der Waals surface area contributed by atoms with Crippen LogP contribution in [0, 0.1) is 10.1 Å². The van der Waals surface area contributed by atoms with Crippen molar-refractivity contribution < 1.29 is 14.8 Å². The van der Waals surface area contributed by atoms with Crippen molar-refractivity contribution in [3.05, 3.63) is 62.6 Å². The highest BCUT2D eigenvalue weighted by Gasteiger charge is 2.14. The summed E-state index contributed by atoms with van der Waals surface area (Å²) in [6, 6.07) is 6.48. The number of non-ortho nitro benzene ring substituents is 1. The van der Waals surface area contributed by atoms with Crippen molar-refractivity contribution in [1.82, 2.24) is 4.98 Å². The first-order chi connectivity index (χ1) is 8.99. The average Bonchev–Trinajstić information content (AvgIpc) is 2.38. The van der Waals surface area contributed by atoms with E-state index in [1.807, 2.05) is 0 Å². The van der Waals surface area contributed by atoms with Gasteiger partial charge in [-0.15, -0.1) is 0 Å². The molecule has 0 aliphatic rings. The molecule has 0 atom stereocenters. The number of benzene rings is 1. The van der Waals surface area contributed by atoms with E-state index in [1.165, 1.54) is 30.5 Å². The Kier molecular flexibility index (Phi) is 3.11. The summed E-state index contributed by atoms with van der Waals surface area (Å²) in [6.45, 7) is 0. The van der Waals surface area contributed by atoms with E-state index in [2.05, 4.69) is 4.98 Å². The van der Waals surface area contributed by atoms with Gasteiger partial charge >= 0.3 is 5.97 Å². The summed E-state index contributed by atoms with van der Waals surface area (Å²) >= 11 is 0. The van der Waals surface area contributed by atoms with Gasteiger partial charge in [-0.2, -0.15) is 0 Å². The maximum Gasteiger partial charge on any atom is 0.336 e. The molecule has 0 saturated heterocycles. The van der Waals surface area contributed by atoms with Crippen molar-refractivity contribution in [2.45, 2.75) is 0 Å². The van der Waals surface area contributed by atoms with Crippen LogP contribution in [0.2, 0.25) is 0 Å². The predicted octanol–water partition coefficient (Wildman–Crippen LogP) is 1.65. The number of rotatable bonds is 3. The molecule has 1 aromatic heterocycles. The number of nitrogens with one attached hydrogen (secondary N) is 1. The minimum Gasteiger partial charge on any atom is -0.478 e. The number of aromatic amines is 1. The molecular formula is C12H8N2O5. The Morgan fingerprint density at radius 2 is 2.05 bits per heavy atom. The van der Waals surface area contributed by atoms with Crippen LogP contribution in [0.4, 0.5) is 5.69 Å². The highest BCUT2D eigenvalue weighted by atomic mass is 16.6. The van der Waals surface area contributed by atoms with Crippen molar-refractivity contribution >= 4 is 11.7 Å². The molecule has 96 valence electrons. The van der Waals surface area contributed by atoms with Gasteiger partial charge in [-0.25, -0.2) is 4.79 Å². The fourth-order valence-electron chi connectivity index (χ4n) is 1.67. The minimum atomic E-state index is -1.27. The second-order valence-corrected chi connectivity index (χ2v) is 3.74. The third-order valence-corrected chi connectivity index (χ3v) is 2.52. The average molecular weight is 260 g/mol. The fourth-order valence-corrected chi connectivity index (χ4v) is 1.67. The molecule has 0 unspecified atom stereocenters. The number of aromatic carboxylic acids is 1.